The fourth-order valence-corrected chi connectivity index (χ4v) is 3.29. The Morgan fingerprint density at radius 1 is 1.08 bits per heavy atom. The van der Waals surface area contributed by atoms with Crippen LogP contribution in [0.1, 0.15) is 15.9 Å². The number of nitrogens with one attached hydrogen (secondary N) is 1. The predicted octanol–water partition coefficient (Wildman–Crippen LogP) is 5.25. The van der Waals surface area contributed by atoms with E-state index in [1.165, 1.54) is 24.3 Å². The second-order valence-electron chi connectivity index (χ2n) is 5.38. The topological polar surface area (TPSA) is 49.3 Å². The van der Waals surface area contributed by atoms with E-state index in [0.717, 1.165) is 5.39 Å². The molecule has 0 spiro atoms. The average molecular weight is 453 g/mol. The third-order valence-electron chi connectivity index (χ3n) is 3.72. The van der Waals surface area contributed by atoms with Gasteiger partial charge in [0.15, 0.2) is 0 Å². The lowest BCUT2D eigenvalue weighted by Crippen LogP contribution is -2.13. The molecule has 3 nitrogen and oxygen atoms in total. The van der Waals surface area contributed by atoms with Crippen molar-refractivity contribution in [3.05, 3.63) is 71.8 Å². The van der Waals surface area contributed by atoms with Crippen molar-refractivity contribution in [2.45, 2.75) is 3.93 Å². The Hall–Kier alpha value is -2.35. The molecule has 0 fully saturated rings. The Labute approximate surface area is 153 Å². The maximum atomic E-state index is 13.8. The molecule has 0 aliphatic carbocycles. The van der Waals surface area contributed by atoms with E-state index in [0.29, 0.717) is 16.6 Å². The van der Waals surface area contributed by atoms with Crippen molar-refractivity contribution in [1.82, 2.24) is 0 Å². The predicted molar refractivity (Wildman–Crippen MR) is 105 cm³/mol. The number of hydrogen-bond acceptors (Lipinski definition) is 2. The van der Waals surface area contributed by atoms with Gasteiger partial charge in [-0.05, 0) is 67.9 Å². The minimum Gasteiger partial charge on any atom is -0.508 e. The second-order valence-corrected chi connectivity index (χ2v) is 7.49. The number of carbonyl (C=O) groups excluding carboxylic acids is 1. The molecule has 0 unspecified atom stereocenters. The van der Waals surface area contributed by atoms with Crippen molar-refractivity contribution in [3.8, 4) is 5.75 Å². The van der Waals surface area contributed by atoms with Gasteiger partial charge in [-0.15, -0.1) is 0 Å². The molecule has 3 aromatic rings. The first-order valence-electron chi connectivity index (χ1n) is 7.32. The van der Waals surface area contributed by atoms with Gasteiger partial charge in [0.1, 0.15) is 5.75 Å². The molecule has 25 heavy (non-hydrogen) atoms. The largest absolute Gasteiger partial charge is 0.508 e. The first-order chi connectivity index (χ1) is 11.9. The Balaban J connectivity index is 1.93. The third-order valence-corrected chi connectivity index (χ3v) is 5.31. The maximum Gasteiger partial charge on any atom is 0.316 e. The van der Waals surface area contributed by atoms with Crippen LogP contribution in [0.4, 0.5) is 14.5 Å². The number of benzene rings is 3. The van der Waals surface area contributed by atoms with E-state index >= 15 is 0 Å². The fraction of sp³-hybridized carbons (Fsp3) is 0.0526. The number of phenolic OH excluding ortho intramolecular Hbond substituents is 1. The van der Waals surface area contributed by atoms with Gasteiger partial charge in [-0.25, -0.2) is 0 Å². The van der Waals surface area contributed by atoms with Gasteiger partial charge in [0.2, 0.25) is 0 Å². The van der Waals surface area contributed by atoms with Gasteiger partial charge in [-0.1, -0.05) is 28.8 Å². The monoisotopic (exact) mass is 453 g/mol. The third kappa shape index (κ3) is 3.68. The van der Waals surface area contributed by atoms with E-state index in [1.807, 2.05) is 0 Å². The Bertz CT molecular complexity index is 973. The van der Waals surface area contributed by atoms with Crippen molar-refractivity contribution in [2.24, 2.45) is 0 Å². The van der Waals surface area contributed by atoms with Gasteiger partial charge in [-0.2, -0.15) is 8.78 Å². The van der Waals surface area contributed by atoms with Crippen LogP contribution in [-0.2, 0) is 3.93 Å². The minimum absolute atomic E-state index is 0.108. The van der Waals surface area contributed by atoms with E-state index < -0.39 is 30.6 Å². The molecule has 1 amide bonds. The molecule has 0 atom stereocenters. The number of rotatable bonds is 4. The molecule has 2 N–H and O–H groups in total. The van der Waals surface area contributed by atoms with E-state index in [4.69, 9.17) is 0 Å². The highest BCUT2D eigenvalue weighted by Crippen LogP contribution is 2.39. The summed E-state index contributed by atoms with van der Waals surface area (Å²) in [6.45, 7) is 0. The summed E-state index contributed by atoms with van der Waals surface area (Å²) in [7, 11) is 0. The van der Waals surface area contributed by atoms with Crippen LogP contribution >= 0.6 is 20.7 Å². The van der Waals surface area contributed by atoms with E-state index in [2.05, 4.69) is 9.83 Å². The van der Waals surface area contributed by atoms with Crippen LogP contribution in [0.5, 0.6) is 5.75 Å². The lowest BCUT2D eigenvalue weighted by Gasteiger charge is -2.13. The number of aromatic hydroxyl groups is 1. The minimum atomic E-state index is -2.93. The molecular formula is C19H14F2INO2. The molecule has 0 bridgehead atoms. The molecule has 6 heteroatoms. The van der Waals surface area contributed by atoms with Crippen molar-refractivity contribution < 1.29 is 18.7 Å². The van der Waals surface area contributed by atoms with Gasteiger partial charge in [0.05, 0.1) is 0 Å². The van der Waals surface area contributed by atoms with Crippen molar-refractivity contribution in [3.63, 3.8) is 0 Å². The SMILES string of the molecule is C=IC(F)(F)c1cccc(NC(=O)c2cccc3cc(O)ccc23)c1. The van der Waals surface area contributed by atoms with Crippen molar-refractivity contribution in [1.29, 1.82) is 0 Å². The summed E-state index contributed by atoms with van der Waals surface area (Å²) in [5.74, 6) is -0.294. The Kier molecular flexibility index (Phi) is 4.80. The normalized spacial score (nSPS) is 11.4. The summed E-state index contributed by atoms with van der Waals surface area (Å²) in [6, 6.07) is 15.5. The van der Waals surface area contributed by atoms with Crippen molar-refractivity contribution in [2.75, 3.05) is 5.32 Å². The lowest BCUT2D eigenvalue weighted by atomic mass is 10.0. The standard InChI is InChI=1S/C19H14F2INO2/c1-22-19(20,21)13-5-3-6-14(11-13)23-18(25)17-7-2-4-12-10-15(24)8-9-16(12)17/h2-11,24H,1H2,(H,23,25). The van der Waals surface area contributed by atoms with Crippen LogP contribution in [0.2, 0.25) is 0 Å². The van der Waals surface area contributed by atoms with Crippen LogP contribution in [0.15, 0.2) is 60.7 Å². The molecule has 0 heterocycles. The first kappa shape index (κ1) is 17.5. The van der Waals surface area contributed by atoms with Gasteiger partial charge in [0.25, 0.3) is 5.91 Å². The Morgan fingerprint density at radius 3 is 2.60 bits per heavy atom. The lowest BCUT2D eigenvalue weighted by molar-refractivity contribution is 0.102. The molecule has 0 aliphatic heterocycles. The average Bonchev–Trinajstić information content (AvgIpc) is 2.61. The zero-order valence-corrected chi connectivity index (χ0v) is 15.1. The summed E-state index contributed by atoms with van der Waals surface area (Å²) >= 11 is -1.54. The fourth-order valence-electron chi connectivity index (χ4n) is 2.52. The summed E-state index contributed by atoms with van der Waals surface area (Å²) in [6.07, 6.45) is 0. The molecule has 3 rings (SSSR count). The van der Waals surface area contributed by atoms with Gasteiger partial charge >= 0.3 is 3.93 Å². The first-order valence-corrected chi connectivity index (χ1v) is 9.92. The van der Waals surface area contributed by atoms with E-state index in [9.17, 15) is 18.7 Å². The zero-order chi connectivity index (χ0) is 18.0. The van der Waals surface area contributed by atoms with Gasteiger partial charge in [-0.3, -0.25) is 4.79 Å². The number of hydrogen-bond donors (Lipinski definition) is 2. The molecule has 0 saturated carbocycles. The summed E-state index contributed by atoms with van der Waals surface area (Å²) in [4.78, 5) is 12.6. The number of carbonyl (C=O) groups is 1. The molecule has 0 aliphatic rings. The molecule has 0 radical (unpaired) electrons. The van der Waals surface area contributed by atoms with Crippen LogP contribution < -0.4 is 5.32 Å². The quantitative estimate of drug-likeness (QED) is 0.419. The summed E-state index contributed by atoms with van der Waals surface area (Å²) in [5, 5.41) is 13.6. The zero-order valence-electron chi connectivity index (χ0n) is 13.0. The second kappa shape index (κ2) is 6.87. The van der Waals surface area contributed by atoms with Crippen LogP contribution in [0.25, 0.3) is 10.8 Å². The van der Waals surface area contributed by atoms with E-state index in [-0.39, 0.29) is 11.3 Å². The number of anilines is 1. The van der Waals surface area contributed by atoms with Gasteiger partial charge < -0.3 is 10.4 Å². The number of halogens is 3. The van der Waals surface area contributed by atoms with Crippen LogP contribution in [-0.4, -0.2) is 15.5 Å². The van der Waals surface area contributed by atoms with Gasteiger partial charge in [0, 0.05) is 16.8 Å². The highest BCUT2D eigenvalue weighted by molar-refractivity contribution is 14.2. The highest BCUT2D eigenvalue weighted by Gasteiger charge is 2.28. The van der Waals surface area contributed by atoms with E-state index in [1.54, 1.807) is 36.4 Å². The van der Waals surface area contributed by atoms with Crippen molar-refractivity contribution >= 4 is 47.6 Å². The van der Waals surface area contributed by atoms with Crippen LogP contribution in [0, 0.1) is 0 Å². The molecule has 3 aromatic carbocycles. The highest BCUT2D eigenvalue weighted by atomic mass is 127. The molecule has 128 valence electrons. The number of amides is 1. The summed E-state index contributed by atoms with van der Waals surface area (Å²) < 4.78 is 28.1. The number of fused-ring (bicyclic) bond motifs is 1. The smallest absolute Gasteiger partial charge is 0.316 e. The summed E-state index contributed by atoms with van der Waals surface area (Å²) in [5.41, 5.74) is 0.561. The molecule has 0 aromatic heterocycles. The maximum absolute atomic E-state index is 13.8. The number of phenols is 1. The Morgan fingerprint density at radius 2 is 1.84 bits per heavy atom. The van der Waals surface area contributed by atoms with Crippen LogP contribution in [0.3, 0.4) is 0 Å². The molecule has 0 saturated heterocycles. The molecular weight excluding hydrogens is 439 g/mol. The number of alkyl halides is 3.